The zero-order valence-electron chi connectivity index (χ0n) is 33.8. The Bertz CT molecular complexity index is 1130. The Morgan fingerprint density at radius 2 is 1.37 bits per heavy atom. The zero-order chi connectivity index (χ0) is 35.7. The van der Waals surface area contributed by atoms with Gasteiger partial charge in [0.05, 0.1) is 12.5 Å². The highest BCUT2D eigenvalue weighted by Crippen LogP contribution is 2.77. The van der Waals surface area contributed by atoms with Crippen molar-refractivity contribution in [2.75, 3.05) is 0 Å². The lowest BCUT2D eigenvalue weighted by Crippen LogP contribution is -2.66. The summed E-state index contributed by atoms with van der Waals surface area (Å²) in [6.07, 6.45) is 27.5. The number of carbonyl (C=O) groups is 1. The van der Waals surface area contributed by atoms with Crippen LogP contribution in [0.4, 0.5) is 0 Å². The van der Waals surface area contributed by atoms with Gasteiger partial charge in [0, 0.05) is 5.41 Å². The highest BCUT2D eigenvalue weighted by molar-refractivity contribution is 5.70. The van der Waals surface area contributed by atoms with Crippen LogP contribution in [0.1, 0.15) is 203 Å². The van der Waals surface area contributed by atoms with E-state index in [9.17, 15) is 9.90 Å². The second-order valence-electron chi connectivity index (χ2n) is 20.4. The lowest BCUT2D eigenvalue weighted by Gasteiger charge is -2.73. The van der Waals surface area contributed by atoms with E-state index >= 15 is 0 Å². The third-order valence-corrected chi connectivity index (χ3v) is 17.2. The minimum absolute atomic E-state index is 0.0475. The molecule has 49 heavy (non-hydrogen) atoms. The first-order valence-electron chi connectivity index (χ1n) is 21.7. The number of esters is 1. The van der Waals surface area contributed by atoms with Crippen LogP contribution in [0.25, 0.3) is 0 Å². The summed E-state index contributed by atoms with van der Waals surface area (Å²) in [5.41, 5.74) is 2.93. The molecule has 0 spiro atoms. The molecular weight excluding hydrogens is 601 g/mol. The summed E-state index contributed by atoms with van der Waals surface area (Å²) in [7, 11) is 0. The molecule has 5 saturated carbocycles. The molecule has 0 aromatic rings. The van der Waals surface area contributed by atoms with E-state index in [4.69, 9.17) is 4.74 Å². The molecule has 1 N–H and O–H groups in total. The summed E-state index contributed by atoms with van der Waals surface area (Å²) in [6, 6.07) is 0. The lowest BCUT2D eigenvalue weighted by atomic mass is 9.32. The van der Waals surface area contributed by atoms with Gasteiger partial charge >= 0.3 is 5.97 Å². The third kappa shape index (κ3) is 7.51. The van der Waals surface area contributed by atoms with Gasteiger partial charge in [-0.25, -0.2) is 0 Å². The second-order valence-corrected chi connectivity index (χ2v) is 20.4. The predicted octanol–water partition coefficient (Wildman–Crippen LogP) is 13.0. The lowest BCUT2D eigenvalue weighted by molar-refractivity contribution is -0.249. The summed E-state index contributed by atoms with van der Waals surface area (Å²) < 4.78 is 6.33. The van der Waals surface area contributed by atoms with Gasteiger partial charge in [-0.2, -0.15) is 0 Å². The molecule has 0 radical (unpaired) electrons. The van der Waals surface area contributed by atoms with Crippen molar-refractivity contribution in [1.29, 1.82) is 0 Å². The molecule has 0 heterocycles. The molecule has 5 aliphatic rings. The molecule has 5 aliphatic carbocycles. The molecule has 0 aromatic carbocycles. The van der Waals surface area contributed by atoms with E-state index in [2.05, 4.69) is 62.0 Å². The van der Waals surface area contributed by atoms with Crippen LogP contribution in [0, 0.1) is 56.7 Å². The minimum atomic E-state index is -0.573. The van der Waals surface area contributed by atoms with Gasteiger partial charge in [-0.05, 0) is 129 Å². The molecule has 0 amide bonds. The van der Waals surface area contributed by atoms with E-state index in [1.54, 1.807) is 0 Å². The van der Waals surface area contributed by atoms with Crippen LogP contribution in [-0.4, -0.2) is 23.3 Å². The molecule has 282 valence electrons. The van der Waals surface area contributed by atoms with Crippen LogP contribution in [0.2, 0.25) is 0 Å². The van der Waals surface area contributed by atoms with Gasteiger partial charge in [0.15, 0.2) is 0 Å². The van der Waals surface area contributed by atoms with Gasteiger partial charge in [-0.1, -0.05) is 131 Å². The Kier molecular flexibility index (Phi) is 12.6. The number of aliphatic hydroxyl groups is 1. The normalized spacial score (nSPS) is 41.6. The standard InChI is InChI=1S/C46H80O3/c1-10-11-12-13-14-15-16-17-18-19-20-21-34(47)32-40(48)49-39-26-28-44(7)37(42(39,4)5)25-29-46(9)38(44)23-22-36-41-35(33(2)3)24-27-43(41,6)30-31-45(36,46)8/h34-39,41,47H,2,10-32H2,1,3-9H3/t34-,35+,36-,37-,38-,39+,41-,43-,44+,45-,46-/m1/s1. The molecule has 3 heteroatoms. The number of aliphatic hydroxyl groups excluding tert-OH is 1. The van der Waals surface area contributed by atoms with Gasteiger partial charge in [0.25, 0.3) is 0 Å². The number of hydrogen-bond acceptors (Lipinski definition) is 3. The van der Waals surface area contributed by atoms with E-state index in [1.165, 1.54) is 115 Å². The van der Waals surface area contributed by atoms with Crippen molar-refractivity contribution >= 4 is 5.97 Å². The van der Waals surface area contributed by atoms with Gasteiger partial charge in [0.2, 0.25) is 0 Å². The van der Waals surface area contributed by atoms with E-state index < -0.39 is 6.10 Å². The highest BCUT2D eigenvalue weighted by Gasteiger charge is 2.70. The maximum atomic E-state index is 13.2. The van der Waals surface area contributed by atoms with Gasteiger partial charge in [0.1, 0.15) is 6.10 Å². The molecule has 5 rings (SSSR count). The predicted molar refractivity (Wildman–Crippen MR) is 206 cm³/mol. The number of carbonyl (C=O) groups excluding carboxylic acids is 1. The molecular formula is C46H80O3. The van der Waals surface area contributed by atoms with Gasteiger partial charge in [-0.3, -0.25) is 4.79 Å². The van der Waals surface area contributed by atoms with Crippen LogP contribution in [-0.2, 0) is 9.53 Å². The number of unbranched alkanes of at least 4 members (excludes halogenated alkanes) is 10. The molecule has 3 nitrogen and oxygen atoms in total. The molecule has 0 unspecified atom stereocenters. The fraction of sp³-hybridized carbons (Fsp3) is 0.935. The average Bonchev–Trinajstić information content (AvgIpc) is 3.39. The first kappa shape index (κ1) is 39.4. The topological polar surface area (TPSA) is 46.5 Å². The minimum Gasteiger partial charge on any atom is -0.462 e. The van der Waals surface area contributed by atoms with Crippen LogP contribution in [0.15, 0.2) is 12.2 Å². The Morgan fingerprint density at radius 1 is 0.735 bits per heavy atom. The Morgan fingerprint density at radius 3 is 2.00 bits per heavy atom. The van der Waals surface area contributed by atoms with Crippen molar-refractivity contribution in [1.82, 2.24) is 0 Å². The van der Waals surface area contributed by atoms with Crippen molar-refractivity contribution in [2.24, 2.45) is 56.7 Å². The first-order valence-corrected chi connectivity index (χ1v) is 21.7. The molecule has 0 aromatic heterocycles. The van der Waals surface area contributed by atoms with Gasteiger partial charge < -0.3 is 9.84 Å². The number of ether oxygens (including phenoxy) is 1. The van der Waals surface area contributed by atoms with Crippen molar-refractivity contribution in [3.8, 4) is 0 Å². The van der Waals surface area contributed by atoms with Crippen LogP contribution >= 0.6 is 0 Å². The SMILES string of the molecule is C=C(C)[C@@H]1CC[C@]2(C)CC[C@]3(C)[C@H](CC[C@@H]4[C@@]5(C)CC[C@H](OC(=O)C[C@H](O)CCCCCCCCCCCCC)C(C)(C)[C@H]5CC[C@]43C)[C@@H]12. The maximum absolute atomic E-state index is 13.2. The van der Waals surface area contributed by atoms with E-state index in [1.807, 2.05) is 0 Å². The monoisotopic (exact) mass is 681 g/mol. The maximum Gasteiger partial charge on any atom is 0.308 e. The molecule has 11 atom stereocenters. The fourth-order valence-corrected chi connectivity index (χ4v) is 14.2. The van der Waals surface area contributed by atoms with Crippen LogP contribution in [0.5, 0.6) is 0 Å². The Hall–Kier alpha value is -0.830. The van der Waals surface area contributed by atoms with Crippen molar-refractivity contribution in [3.63, 3.8) is 0 Å². The van der Waals surface area contributed by atoms with E-state index in [0.717, 1.165) is 43.4 Å². The Balaban J connectivity index is 1.13. The summed E-state index contributed by atoms with van der Waals surface area (Å²) in [6.45, 7) is 24.7. The molecule has 5 fully saturated rings. The summed E-state index contributed by atoms with van der Waals surface area (Å²) in [4.78, 5) is 13.2. The smallest absolute Gasteiger partial charge is 0.308 e. The average molecular weight is 681 g/mol. The molecule has 0 bridgehead atoms. The van der Waals surface area contributed by atoms with Crippen molar-refractivity contribution in [2.45, 2.75) is 215 Å². The fourth-order valence-electron chi connectivity index (χ4n) is 14.2. The first-order chi connectivity index (χ1) is 23.1. The van der Waals surface area contributed by atoms with Crippen molar-refractivity contribution < 1.29 is 14.6 Å². The number of allylic oxidation sites excluding steroid dienone is 1. The number of rotatable bonds is 16. The second kappa shape index (κ2) is 15.6. The van der Waals surface area contributed by atoms with E-state index in [-0.39, 0.29) is 29.3 Å². The summed E-state index contributed by atoms with van der Waals surface area (Å²) in [5.74, 6) is 3.46. The third-order valence-electron chi connectivity index (χ3n) is 17.2. The quantitative estimate of drug-likeness (QED) is 0.100. The summed E-state index contributed by atoms with van der Waals surface area (Å²) in [5, 5.41) is 10.7. The van der Waals surface area contributed by atoms with Crippen molar-refractivity contribution in [3.05, 3.63) is 12.2 Å². The molecule has 0 saturated heterocycles. The van der Waals surface area contributed by atoms with Gasteiger partial charge in [-0.15, -0.1) is 0 Å². The van der Waals surface area contributed by atoms with Crippen LogP contribution < -0.4 is 0 Å². The largest absolute Gasteiger partial charge is 0.462 e. The van der Waals surface area contributed by atoms with E-state index in [0.29, 0.717) is 34.5 Å². The summed E-state index contributed by atoms with van der Waals surface area (Å²) >= 11 is 0. The zero-order valence-corrected chi connectivity index (χ0v) is 33.8. The number of hydrogen-bond donors (Lipinski definition) is 1. The Labute approximate surface area is 304 Å². The molecule has 0 aliphatic heterocycles. The number of fused-ring (bicyclic) bond motifs is 7. The van der Waals surface area contributed by atoms with Crippen LogP contribution in [0.3, 0.4) is 0 Å². The highest BCUT2D eigenvalue weighted by atomic mass is 16.5.